The lowest BCUT2D eigenvalue weighted by Crippen LogP contribution is -2.42. The minimum atomic E-state index is -2.95. The number of aliphatic imine (C=N–C) groups is 1. The number of ether oxygens (including phenoxy) is 1. The number of benzene rings is 1. The van der Waals surface area contributed by atoms with Gasteiger partial charge in [0.05, 0.1) is 19.4 Å². The van der Waals surface area contributed by atoms with Crippen molar-refractivity contribution < 1.29 is 13.2 Å². The van der Waals surface area contributed by atoms with Crippen molar-refractivity contribution in [2.24, 2.45) is 4.99 Å². The molecule has 1 heterocycles. The van der Waals surface area contributed by atoms with E-state index < -0.39 is 9.84 Å². The van der Waals surface area contributed by atoms with Gasteiger partial charge in [-0.2, -0.15) is 0 Å². The summed E-state index contributed by atoms with van der Waals surface area (Å²) in [7, 11) is 0.412. The Bertz CT molecular complexity index is 865. The predicted molar refractivity (Wildman–Crippen MR) is 129 cm³/mol. The zero-order valence-electron chi connectivity index (χ0n) is 16.6. The largest absolute Gasteiger partial charge is 0.497 e. The molecule has 0 amide bonds. The summed E-state index contributed by atoms with van der Waals surface area (Å²) >= 11 is 1.72. The summed E-state index contributed by atoms with van der Waals surface area (Å²) in [5, 5.41) is 6.50. The molecule has 1 aromatic carbocycles. The van der Waals surface area contributed by atoms with Crippen molar-refractivity contribution in [1.82, 2.24) is 10.6 Å². The Balaban J connectivity index is 0.00000392. The molecule has 28 heavy (non-hydrogen) atoms. The minimum Gasteiger partial charge on any atom is -0.497 e. The van der Waals surface area contributed by atoms with Crippen molar-refractivity contribution in [1.29, 1.82) is 0 Å². The molecule has 1 unspecified atom stereocenters. The third-order valence-corrected chi connectivity index (χ3v) is 6.11. The van der Waals surface area contributed by atoms with E-state index in [1.807, 2.05) is 31.2 Å². The van der Waals surface area contributed by atoms with Crippen LogP contribution in [0.4, 0.5) is 0 Å². The minimum absolute atomic E-state index is 0. The molecule has 2 aromatic rings. The van der Waals surface area contributed by atoms with Gasteiger partial charge in [0, 0.05) is 29.1 Å². The van der Waals surface area contributed by atoms with Crippen molar-refractivity contribution in [3.8, 4) is 16.2 Å². The lowest BCUT2D eigenvalue weighted by Gasteiger charge is -2.17. The number of guanidine groups is 1. The number of hydrogen-bond acceptors (Lipinski definition) is 5. The Morgan fingerprint density at radius 2 is 1.89 bits per heavy atom. The second-order valence-electron chi connectivity index (χ2n) is 6.38. The van der Waals surface area contributed by atoms with Crippen LogP contribution in [0.25, 0.3) is 10.4 Å². The number of methoxy groups -OCH3 is 1. The molecule has 9 heteroatoms. The highest BCUT2D eigenvalue weighted by Crippen LogP contribution is 2.29. The Labute approximate surface area is 188 Å². The van der Waals surface area contributed by atoms with Crippen LogP contribution < -0.4 is 15.4 Å². The first-order chi connectivity index (χ1) is 12.8. The molecule has 0 aliphatic rings. The van der Waals surface area contributed by atoms with Crippen molar-refractivity contribution >= 4 is 51.1 Å². The zero-order chi connectivity index (χ0) is 19.9. The van der Waals surface area contributed by atoms with Crippen LogP contribution in [-0.2, 0) is 16.4 Å². The average molecular weight is 537 g/mol. The Hall–Kier alpha value is -1.33. The molecule has 0 bridgehead atoms. The third-order valence-electron chi connectivity index (χ3n) is 3.99. The van der Waals surface area contributed by atoms with E-state index in [1.165, 1.54) is 16.0 Å². The normalized spacial score (nSPS) is 12.8. The molecule has 2 N–H and O–H groups in total. The fourth-order valence-corrected chi connectivity index (χ4v) is 4.18. The molecule has 156 valence electrons. The van der Waals surface area contributed by atoms with Gasteiger partial charge in [0.25, 0.3) is 0 Å². The first-order valence-electron chi connectivity index (χ1n) is 8.69. The molecule has 6 nitrogen and oxygen atoms in total. The SMILES string of the molecule is CN=C(NCc1ccc(-c2ccc(OC)cc2)s1)NC(C)CCS(C)(=O)=O.I. The number of sulfone groups is 1. The number of rotatable bonds is 8. The Morgan fingerprint density at radius 1 is 1.21 bits per heavy atom. The number of halogens is 1. The van der Waals surface area contributed by atoms with Gasteiger partial charge in [-0.15, -0.1) is 35.3 Å². The van der Waals surface area contributed by atoms with Crippen LogP contribution in [0.5, 0.6) is 5.75 Å². The summed E-state index contributed by atoms with van der Waals surface area (Å²) in [5.41, 5.74) is 1.16. The van der Waals surface area contributed by atoms with Crippen LogP contribution in [0, 0.1) is 0 Å². The van der Waals surface area contributed by atoms with Gasteiger partial charge in [-0.3, -0.25) is 4.99 Å². The second kappa shape index (κ2) is 11.6. The molecule has 0 saturated heterocycles. The molecule has 0 aliphatic carbocycles. The van der Waals surface area contributed by atoms with E-state index in [-0.39, 0.29) is 35.8 Å². The van der Waals surface area contributed by atoms with Crippen LogP contribution in [-0.4, -0.2) is 46.6 Å². The van der Waals surface area contributed by atoms with Crippen molar-refractivity contribution in [2.45, 2.75) is 25.9 Å². The number of thiophene rings is 1. The van der Waals surface area contributed by atoms with Gasteiger partial charge in [-0.25, -0.2) is 8.42 Å². The molecular weight excluding hydrogens is 509 g/mol. The number of nitrogens with one attached hydrogen (secondary N) is 2. The molecule has 1 aromatic heterocycles. The second-order valence-corrected chi connectivity index (χ2v) is 9.81. The molecule has 0 radical (unpaired) electrons. The molecular formula is C19H28IN3O3S2. The first kappa shape index (κ1) is 24.7. The zero-order valence-corrected chi connectivity index (χ0v) is 20.5. The van der Waals surface area contributed by atoms with Crippen molar-refractivity contribution in [2.75, 3.05) is 26.2 Å². The van der Waals surface area contributed by atoms with E-state index in [0.29, 0.717) is 18.9 Å². The van der Waals surface area contributed by atoms with Gasteiger partial charge in [-0.1, -0.05) is 0 Å². The van der Waals surface area contributed by atoms with E-state index in [0.717, 1.165) is 11.3 Å². The van der Waals surface area contributed by atoms with Gasteiger partial charge in [-0.05, 0) is 55.3 Å². The summed E-state index contributed by atoms with van der Waals surface area (Å²) < 4.78 is 27.8. The lowest BCUT2D eigenvalue weighted by molar-refractivity contribution is 0.415. The summed E-state index contributed by atoms with van der Waals surface area (Å²) in [6, 6.07) is 12.2. The Morgan fingerprint density at radius 3 is 2.46 bits per heavy atom. The maximum absolute atomic E-state index is 11.3. The predicted octanol–water partition coefficient (Wildman–Crippen LogP) is 3.53. The summed E-state index contributed by atoms with van der Waals surface area (Å²) in [6.45, 7) is 2.60. The average Bonchev–Trinajstić information content (AvgIpc) is 3.12. The number of nitrogens with zero attached hydrogens (tertiary/aromatic N) is 1. The van der Waals surface area contributed by atoms with Crippen LogP contribution >= 0.6 is 35.3 Å². The number of hydrogen-bond donors (Lipinski definition) is 2. The Kier molecular flexibility index (Phi) is 10.3. The van der Waals surface area contributed by atoms with E-state index in [4.69, 9.17) is 4.74 Å². The van der Waals surface area contributed by atoms with Gasteiger partial charge < -0.3 is 15.4 Å². The maximum Gasteiger partial charge on any atom is 0.191 e. The molecule has 0 saturated carbocycles. The fourth-order valence-electron chi connectivity index (χ4n) is 2.45. The summed E-state index contributed by atoms with van der Waals surface area (Å²) in [6.07, 6.45) is 1.80. The first-order valence-corrected chi connectivity index (χ1v) is 11.6. The van der Waals surface area contributed by atoms with E-state index in [2.05, 4.69) is 27.8 Å². The van der Waals surface area contributed by atoms with Gasteiger partial charge in [0.15, 0.2) is 5.96 Å². The van der Waals surface area contributed by atoms with Gasteiger partial charge >= 0.3 is 0 Å². The van der Waals surface area contributed by atoms with E-state index >= 15 is 0 Å². The van der Waals surface area contributed by atoms with Crippen molar-refractivity contribution in [3.05, 3.63) is 41.3 Å². The highest BCUT2D eigenvalue weighted by Gasteiger charge is 2.10. The topological polar surface area (TPSA) is 79.8 Å². The van der Waals surface area contributed by atoms with Crippen molar-refractivity contribution in [3.63, 3.8) is 0 Å². The molecule has 2 rings (SSSR count). The molecule has 0 fully saturated rings. The fraction of sp³-hybridized carbons (Fsp3) is 0.421. The van der Waals surface area contributed by atoms with Crippen LogP contribution in [0.3, 0.4) is 0 Å². The molecule has 0 aliphatic heterocycles. The van der Waals surface area contributed by atoms with Gasteiger partial charge in [0.1, 0.15) is 15.6 Å². The summed E-state index contributed by atoms with van der Waals surface area (Å²) in [5.74, 6) is 1.67. The van der Waals surface area contributed by atoms with Gasteiger partial charge in [0.2, 0.25) is 0 Å². The standard InChI is InChI=1S/C19H27N3O3S2.HI/c1-14(11-12-27(4,23)24)22-19(20-2)21-13-17-9-10-18(26-17)15-5-7-16(25-3)8-6-15;/h5-10,14H,11-13H2,1-4H3,(H2,20,21,22);1H. The monoisotopic (exact) mass is 537 g/mol. The van der Waals surface area contributed by atoms with E-state index in [9.17, 15) is 8.42 Å². The molecule has 0 spiro atoms. The smallest absolute Gasteiger partial charge is 0.191 e. The van der Waals surface area contributed by atoms with Crippen LogP contribution in [0.2, 0.25) is 0 Å². The van der Waals surface area contributed by atoms with E-state index in [1.54, 1.807) is 25.5 Å². The third kappa shape index (κ3) is 8.36. The van der Waals surface area contributed by atoms with Crippen LogP contribution in [0.15, 0.2) is 41.4 Å². The quantitative estimate of drug-likeness (QED) is 0.306. The highest BCUT2D eigenvalue weighted by atomic mass is 127. The molecule has 1 atom stereocenters. The highest BCUT2D eigenvalue weighted by molar-refractivity contribution is 14.0. The van der Waals surface area contributed by atoms with Crippen LogP contribution in [0.1, 0.15) is 18.2 Å². The summed E-state index contributed by atoms with van der Waals surface area (Å²) in [4.78, 5) is 6.59. The lowest BCUT2D eigenvalue weighted by atomic mass is 10.2. The maximum atomic E-state index is 11.3.